The lowest BCUT2D eigenvalue weighted by molar-refractivity contribution is -0.123. The number of rotatable bonds is 6. The van der Waals surface area contributed by atoms with Crippen molar-refractivity contribution in [1.29, 1.82) is 0 Å². The van der Waals surface area contributed by atoms with E-state index in [-0.39, 0.29) is 11.4 Å². The molecule has 0 N–H and O–H groups in total. The number of thioether (sulfide) groups is 1. The lowest BCUT2D eigenvalue weighted by Gasteiger charge is -2.14. The highest BCUT2D eigenvalue weighted by Gasteiger charge is 2.35. The maximum atomic E-state index is 12.9. The number of hydrogen-bond donors (Lipinski definition) is 0. The molecular formula is C24H15Cl4NO3S. The third kappa shape index (κ3) is 5.51. The van der Waals surface area contributed by atoms with Crippen LogP contribution in [0.25, 0.3) is 6.08 Å². The summed E-state index contributed by atoms with van der Waals surface area (Å²) in [6.45, 7) is 0.289. The lowest BCUT2D eigenvalue weighted by atomic mass is 10.2. The van der Waals surface area contributed by atoms with Gasteiger partial charge in [0.1, 0.15) is 6.61 Å². The molecule has 0 radical (unpaired) electrons. The van der Waals surface area contributed by atoms with E-state index in [2.05, 4.69) is 0 Å². The van der Waals surface area contributed by atoms with Crippen LogP contribution in [0.1, 0.15) is 16.7 Å². The molecule has 1 fully saturated rings. The number of imide groups is 1. The second-order valence-corrected chi connectivity index (χ2v) is 9.68. The summed E-state index contributed by atoms with van der Waals surface area (Å²) in [5, 5.41) is 0.950. The van der Waals surface area contributed by atoms with E-state index in [1.165, 1.54) is 0 Å². The number of carbonyl (C=O) groups is 2. The number of hydrogen-bond acceptors (Lipinski definition) is 4. The highest BCUT2D eigenvalue weighted by Crippen LogP contribution is 2.39. The maximum absolute atomic E-state index is 12.9. The Morgan fingerprint density at radius 3 is 2.12 bits per heavy atom. The Morgan fingerprint density at radius 1 is 0.848 bits per heavy atom. The van der Waals surface area contributed by atoms with Crippen LogP contribution < -0.4 is 4.74 Å². The number of amides is 2. The first-order valence-corrected chi connectivity index (χ1v) is 12.0. The van der Waals surface area contributed by atoms with Gasteiger partial charge < -0.3 is 4.74 Å². The molecule has 1 saturated heterocycles. The van der Waals surface area contributed by atoms with Crippen LogP contribution in [0, 0.1) is 0 Å². The molecule has 0 saturated carbocycles. The molecule has 33 heavy (non-hydrogen) atoms. The van der Waals surface area contributed by atoms with E-state index in [1.807, 2.05) is 30.3 Å². The fourth-order valence-corrected chi connectivity index (χ4v) is 5.13. The van der Waals surface area contributed by atoms with Gasteiger partial charge in [0.05, 0.1) is 21.5 Å². The Kier molecular flexibility index (Phi) is 7.57. The molecule has 3 aromatic rings. The molecule has 0 aliphatic carbocycles. The molecule has 1 aliphatic rings. The van der Waals surface area contributed by atoms with Crippen molar-refractivity contribution in [3.63, 3.8) is 0 Å². The Hall–Kier alpha value is -2.15. The Bertz CT molecular complexity index is 1220. The van der Waals surface area contributed by atoms with Crippen LogP contribution in [-0.2, 0) is 17.9 Å². The quantitative estimate of drug-likeness (QED) is 0.297. The van der Waals surface area contributed by atoms with E-state index in [1.54, 1.807) is 36.4 Å². The van der Waals surface area contributed by atoms with Gasteiger partial charge in [0.15, 0.2) is 5.75 Å². The van der Waals surface area contributed by atoms with Crippen molar-refractivity contribution in [2.24, 2.45) is 0 Å². The third-order valence-electron chi connectivity index (χ3n) is 4.80. The monoisotopic (exact) mass is 537 g/mol. The molecule has 1 aliphatic heterocycles. The predicted molar refractivity (Wildman–Crippen MR) is 135 cm³/mol. The van der Waals surface area contributed by atoms with E-state index in [0.29, 0.717) is 43.6 Å². The van der Waals surface area contributed by atoms with Gasteiger partial charge in [-0.1, -0.05) is 82.8 Å². The molecule has 0 atom stereocenters. The van der Waals surface area contributed by atoms with Gasteiger partial charge in [-0.3, -0.25) is 14.5 Å². The fraction of sp³-hybridized carbons (Fsp3) is 0.0833. The number of carbonyl (C=O) groups excluding carboxylic acids is 2. The van der Waals surface area contributed by atoms with Crippen molar-refractivity contribution in [1.82, 2.24) is 4.90 Å². The average molecular weight is 539 g/mol. The van der Waals surface area contributed by atoms with Crippen LogP contribution in [0.4, 0.5) is 4.79 Å². The van der Waals surface area contributed by atoms with Crippen molar-refractivity contribution in [2.75, 3.05) is 0 Å². The van der Waals surface area contributed by atoms with E-state index >= 15 is 0 Å². The molecule has 4 rings (SSSR count). The molecule has 0 spiro atoms. The first kappa shape index (κ1) is 24.0. The van der Waals surface area contributed by atoms with Gasteiger partial charge >= 0.3 is 0 Å². The van der Waals surface area contributed by atoms with Gasteiger partial charge in [0.25, 0.3) is 11.1 Å². The van der Waals surface area contributed by atoms with Crippen molar-refractivity contribution in [2.45, 2.75) is 13.2 Å². The average Bonchev–Trinajstić information content (AvgIpc) is 3.03. The smallest absolute Gasteiger partial charge is 0.293 e. The standard InChI is InChI=1S/C24H15Cl4NO3S/c25-17-7-4-8-18(26)16(17)12-29-23(30)21(33-24(29)31)11-15-9-19(27)22(20(28)10-15)32-13-14-5-2-1-3-6-14/h1-11H,12-13H2/b21-11-. The predicted octanol–water partition coefficient (Wildman–Crippen LogP) is 8.12. The summed E-state index contributed by atoms with van der Waals surface area (Å²) >= 11 is 26.0. The minimum absolute atomic E-state index is 0.0196. The normalized spacial score (nSPS) is 14.9. The molecule has 0 unspecified atom stereocenters. The van der Waals surface area contributed by atoms with Crippen molar-refractivity contribution in [3.05, 3.63) is 102 Å². The molecule has 168 valence electrons. The molecule has 2 amide bonds. The number of halogens is 4. The zero-order valence-corrected chi connectivity index (χ0v) is 20.7. The summed E-state index contributed by atoms with van der Waals surface area (Å²) in [6, 6.07) is 17.9. The van der Waals surface area contributed by atoms with Gasteiger partial charge in [-0.15, -0.1) is 0 Å². The van der Waals surface area contributed by atoms with Gasteiger partial charge in [-0.25, -0.2) is 0 Å². The summed E-state index contributed by atoms with van der Waals surface area (Å²) in [5.74, 6) is -0.0987. The van der Waals surface area contributed by atoms with Gasteiger partial charge in [0.2, 0.25) is 0 Å². The second-order valence-electron chi connectivity index (χ2n) is 7.06. The highest BCUT2D eigenvalue weighted by atomic mass is 35.5. The van der Waals surface area contributed by atoms with Crippen LogP contribution >= 0.6 is 58.2 Å². The summed E-state index contributed by atoms with van der Waals surface area (Å²) in [6.07, 6.45) is 1.57. The van der Waals surface area contributed by atoms with Gasteiger partial charge in [0, 0.05) is 15.6 Å². The Balaban J connectivity index is 1.52. The van der Waals surface area contributed by atoms with Crippen molar-refractivity contribution in [3.8, 4) is 5.75 Å². The largest absolute Gasteiger partial charge is 0.486 e. The fourth-order valence-electron chi connectivity index (χ4n) is 3.16. The summed E-state index contributed by atoms with van der Waals surface area (Å²) in [7, 11) is 0. The van der Waals surface area contributed by atoms with E-state index in [9.17, 15) is 9.59 Å². The van der Waals surface area contributed by atoms with Crippen molar-refractivity contribution >= 4 is 75.4 Å². The molecule has 0 aromatic heterocycles. The van der Waals surface area contributed by atoms with Crippen LogP contribution in [0.15, 0.2) is 65.6 Å². The molecule has 9 heteroatoms. The number of benzene rings is 3. The summed E-state index contributed by atoms with van der Waals surface area (Å²) in [4.78, 5) is 26.7. The van der Waals surface area contributed by atoms with Crippen LogP contribution in [0.3, 0.4) is 0 Å². The number of nitrogens with zero attached hydrogens (tertiary/aromatic N) is 1. The van der Waals surface area contributed by atoms with E-state index in [0.717, 1.165) is 22.2 Å². The first-order chi connectivity index (χ1) is 15.8. The van der Waals surface area contributed by atoms with Crippen LogP contribution in [0.2, 0.25) is 20.1 Å². The maximum Gasteiger partial charge on any atom is 0.293 e. The van der Waals surface area contributed by atoms with Crippen LogP contribution in [-0.4, -0.2) is 16.0 Å². The Labute approximate surface area is 215 Å². The van der Waals surface area contributed by atoms with Gasteiger partial charge in [-0.05, 0) is 53.2 Å². The molecule has 3 aromatic carbocycles. The second kappa shape index (κ2) is 10.4. The summed E-state index contributed by atoms with van der Waals surface area (Å²) < 4.78 is 5.78. The SMILES string of the molecule is O=C1S/C(=C\c2cc(Cl)c(OCc3ccccc3)c(Cl)c2)C(=O)N1Cc1c(Cl)cccc1Cl. The minimum Gasteiger partial charge on any atom is -0.486 e. The molecule has 0 bridgehead atoms. The molecular weight excluding hydrogens is 524 g/mol. The zero-order chi connectivity index (χ0) is 23.5. The molecule has 4 nitrogen and oxygen atoms in total. The Morgan fingerprint density at radius 2 is 1.48 bits per heavy atom. The third-order valence-corrected chi connectivity index (χ3v) is 6.97. The first-order valence-electron chi connectivity index (χ1n) is 9.67. The molecule has 1 heterocycles. The highest BCUT2D eigenvalue weighted by molar-refractivity contribution is 8.18. The number of ether oxygens (including phenoxy) is 1. The topological polar surface area (TPSA) is 46.6 Å². The van der Waals surface area contributed by atoms with E-state index < -0.39 is 11.1 Å². The minimum atomic E-state index is -0.447. The zero-order valence-electron chi connectivity index (χ0n) is 16.9. The van der Waals surface area contributed by atoms with Crippen molar-refractivity contribution < 1.29 is 14.3 Å². The lowest BCUT2D eigenvalue weighted by Crippen LogP contribution is -2.27. The summed E-state index contributed by atoms with van der Waals surface area (Å²) in [5.41, 5.74) is 2.05. The van der Waals surface area contributed by atoms with Crippen LogP contribution in [0.5, 0.6) is 5.75 Å². The van der Waals surface area contributed by atoms with E-state index in [4.69, 9.17) is 51.1 Å². The van der Waals surface area contributed by atoms with Gasteiger partial charge in [-0.2, -0.15) is 0 Å².